The Bertz CT molecular complexity index is 623. The van der Waals surface area contributed by atoms with Crippen LogP contribution in [0.25, 0.3) is 0 Å². The van der Waals surface area contributed by atoms with Crippen molar-refractivity contribution in [1.29, 1.82) is 0 Å². The van der Waals surface area contributed by atoms with Crippen molar-refractivity contribution in [2.75, 3.05) is 0 Å². The third-order valence-electron chi connectivity index (χ3n) is 3.51. The minimum atomic E-state index is -0.0227. The molecule has 0 saturated heterocycles. The van der Waals surface area contributed by atoms with Gasteiger partial charge in [0.2, 0.25) is 0 Å². The highest BCUT2D eigenvalue weighted by molar-refractivity contribution is 9.10. The van der Waals surface area contributed by atoms with E-state index in [4.69, 9.17) is 10.5 Å². The molecule has 100 valence electrons. The van der Waals surface area contributed by atoms with E-state index in [2.05, 4.69) is 21.0 Å². The van der Waals surface area contributed by atoms with Gasteiger partial charge in [-0.2, -0.15) is 5.10 Å². The van der Waals surface area contributed by atoms with Gasteiger partial charge in [0, 0.05) is 41.3 Å². The summed E-state index contributed by atoms with van der Waals surface area (Å²) in [6.07, 6.45) is 2.77. The third kappa shape index (κ3) is 2.28. The largest absolute Gasteiger partial charge is 0.485 e. The predicted octanol–water partition coefficient (Wildman–Crippen LogP) is 3.01. The van der Waals surface area contributed by atoms with Crippen LogP contribution in [0.1, 0.15) is 35.4 Å². The quantitative estimate of drug-likeness (QED) is 0.878. The van der Waals surface area contributed by atoms with Crippen LogP contribution in [0, 0.1) is 6.92 Å². The molecule has 0 amide bonds. The molecule has 0 aliphatic carbocycles. The van der Waals surface area contributed by atoms with Gasteiger partial charge in [-0.15, -0.1) is 0 Å². The first-order valence-corrected chi connectivity index (χ1v) is 7.05. The van der Waals surface area contributed by atoms with Crippen molar-refractivity contribution >= 4 is 15.9 Å². The number of hydrogen-bond acceptors (Lipinski definition) is 3. The van der Waals surface area contributed by atoms with Crippen molar-refractivity contribution < 1.29 is 4.74 Å². The molecular formula is C14H16BrN3O. The lowest BCUT2D eigenvalue weighted by Crippen LogP contribution is -2.24. The van der Waals surface area contributed by atoms with E-state index in [1.54, 1.807) is 0 Å². The van der Waals surface area contributed by atoms with E-state index in [1.807, 2.05) is 43.0 Å². The summed E-state index contributed by atoms with van der Waals surface area (Å²) < 4.78 is 8.92. The number of fused-ring (bicyclic) bond motifs is 1. The Morgan fingerprint density at radius 1 is 1.42 bits per heavy atom. The van der Waals surface area contributed by atoms with Crippen LogP contribution in [0.4, 0.5) is 0 Å². The number of nitrogens with two attached hydrogens (primary N) is 1. The lowest BCUT2D eigenvalue weighted by atomic mass is 9.94. The van der Waals surface area contributed by atoms with Crippen LogP contribution >= 0.6 is 15.9 Å². The molecule has 4 nitrogen and oxygen atoms in total. The molecule has 2 aromatic rings. The van der Waals surface area contributed by atoms with Gasteiger partial charge in [0.15, 0.2) is 0 Å². The summed E-state index contributed by atoms with van der Waals surface area (Å²) in [6.45, 7) is 2.00. The SMILES string of the molecule is Cc1nn(C)cc1C1C[C@@H](N)c2ccc(Br)cc2O1. The summed E-state index contributed by atoms with van der Waals surface area (Å²) in [5, 5.41) is 4.37. The van der Waals surface area contributed by atoms with Crippen molar-refractivity contribution in [2.24, 2.45) is 12.8 Å². The first kappa shape index (κ1) is 12.7. The van der Waals surface area contributed by atoms with E-state index >= 15 is 0 Å². The summed E-state index contributed by atoms with van der Waals surface area (Å²) in [7, 11) is 1.92. The van der Waals surface area contributed by atoms with E-state index in [9.17, 15) is 0 Å². The van der Waals surface area contributed by atoms with Gasteiger partial charge < -0.3 is 10.5 Å². The molecule has 0 spiro atoms. The van der Waals surface area contributed by atoms with Gasteiger partial charge in [-0.3, -0.25) is 4.68 Å². The Labute approximate surface area is 120 Å². The van der Waals surface area contributed by atoms with Crippen LogP contribution in [0.15, 0.2) is 28.9 Å². The van der Waals surface area contributed by atoms with E-state index in [0.29, 0.717) is 0 Å². The van der Waals surface area contributed by atoms with Gasteiger partial charge in [-0.05, 0) is 19.1 Å². The lowest BCUT2D eigenvalue weighted by molar-refractivity contribution is 0.160. The molecule has 5 heteroatoms. The van der Waals surface area contributed by atoms with Crippen molar-refractivity contribution in [2.45, 2.75) is 25.5 Å². The van der Waals surface area contributed by atoms with Gasteiger partial charge >= 0.3 is 0 Å². The minimum Gasteiger partial charge on any atom is -0.485 e. The topological polar surface area (TPSA) is 53.1 Å². The number of ether oxygens (including phenoxy) is 1. The van der Waals surface area contributed by atoms with E-state index in [-0.39, 0.29) is 12.1 Å². The number of rotatable bonds is 1. The van der Waals surface area contributed by atoms with Gasteiger partial charge in [0.05, 0.1) is 5.69 Å². The van der Waals surface area contributed by atoms with Crippen LogP contribution in [-0.2, 0) is 7.05 Å². The number of aromatic nitrogens is 2. The van der Waals surface area contributed by atoms with Gasteiger partial charge in [0.1, 0.15) is 11.9 Å². The Balaban J connectivity index is 1.98. The van der Waals surface area contributed by atoms with E-state index in [1.165, 1.54) is 0 Å². The van der Waals surface area contributed by atoms with Crippen LogP contribution in [0.5, 0.6) is 5.75 Å². The molecule has 0 radical (unpaired) electrons. The molecule has 0 bridgehead atoms. The monoisotopic (exact) mass is 321 g/mol. The molecule has 1 unspecified atom stereocenters. The Kier molecular flexibility index (Phi) is 3.11. The van der Waals surface area contributed by atoms with Gasteiger partial charge in [-0.25, -0.2) is 0 Å². The Morgan fingerprint density at radius 2 is 2.21 bits per heavy atom. The van der Waals surface area contributed by atoms with Crippen LogP contribution in [0.3, 0.4) is 0 Å². The summed E-state index contributed by atoms with van der Waals surface area (Å²) in [5.74, 6) is 0.862. The van der Waals surface area contributed by atoms with E-state index in [0.717, 1.165) is 33.5 Å². The molecule has 1 aliphatic heterocycles. The fourth-order valence-corrected chi connectivity index (χ4v) is 2.94. The van der Waals surface area contributed by atoms with Crippen molar-refractivity contribution in [1.82, 2.24) is 9.78 Å². The average Bonchev–Trinajstić information content (AvgIpc) is 2.67. The zero-order valence-corrected chi connectivity index (χ0v) is 12.5. The molecule has 1 aliphatic rings. The fraction of sp³-hybridized carbons (Fsp3) is 0.357. The minimum absolute atomic E-state index is 0.00135. The maximum atomic E-state index is 6.26. The molecule has 1 aromatic heterocycles. The molecule has 1 aromatic carbocycles. The zero-order chi connectivity index (χ0) is 13.6. The highest BCUT2D eigenvalue weighted by Crippen LogP contribution is 2.41. The lowest BCUT2D eigenvalue weighted by Gasteiger charge is -2.30. The summed E-state index contributed by atoms with van der Waals surface area (Å²) in [4.78, 5) is 0. The summed E-state index contributed by atoms with van der Waals surface area (Å²) in [6, 6.07) is 6.00. The van der Waals surface area contributed by atoms with Gasteiger partial charge in [-0.1, -0.05) is 22.0 Å². The van der Waals surface area contributed by atoms with Crippen molar-refractivity contribution in [3.8, 4) is 5.75 Å². The molecular weight excluding hydrogens is 306 g/mol. The number of benzene rings is 1. The smallest absolute Gasteiger partial charge is 0.129 e. The predicted molar refractivity (Wildman–Crippen MR) is 77.0 cm³/mol. The van der Waals surface area contributed by atoms with Crippen LogP contribution in [-0.4, -0.2) is 9.78 Å². The summed E-state index contributed by atoms with van der Waals surface area (Å²) >= 11 is 3.47. The van der Waals surface area contributed by atoms with Crippen LogP contribution < -0.4 is 10.5 Å². The Hall–Kier alpha value is -1.33. The molecule has 0 fully saturated rings. The third-order valence-corrected chi connectivity index (χ3v) is 4.00. The van der Waals surface area contributed by atoms with Crippen LogP contribution in [0.2, 0.25) is 0 Å². The molecule has 2 heterocycles. The molecule has 2 N–H and O–H groups in total. The zero-order valence-electron chi connectivity index (χ0n) is 10.9. The first-order chi connectivity index (χ1) is 9.04. The molecule has 3 rings (SSSR count). The maximum absolute atomic E-state index is 6.26. The number of hydrogen-bond donors (Lipinski definition) is 1. The highest BCUT2D eigenvalue weighted by atomic mass is 79.9. The number of aryl methyl sites for hydroxylation is 2. The summed E-state index contributed by atoms with van der Waals surface area (Å²) in [5.41, 5.74) is 9.44. The van der Waals surface area contributed by atoms with E-state index < -0.39 is 0 Å². The average molecular weight is 322 g/mol. The Morgan fingerprint density at radius 3 is 2.89 bits per heavy atom. The van der Waals surface area contributed by atoms with Crippen molar-refractivity contribution in [3.63, 3.8) is 0 Å². The fourth-order valence-electron chi connectivity index (χ4n) is 2.60. The second-order valence-corrected chi connectivity index (χ2v) is 5.89. The number of nitrogens with zero attached hydrogens (tertiary/aromatic N) is 2. The molecule has 0 saturated carbocycles. The highest BCUT2D eigenvalue weighted by Gasteiger charge is 2.29. The first-order valence-electron chi connectivity index (χ1n) is 6.26. The van der Waals surface area contributed by atoms with Crippen molar-refractivity contribution in [3.05, 3.63) is 45.7 Å². The standard InChI is InChI=1S/C14H16BrN3O/c1-8-11(7-18(2)17-8)14-6-12(16)10-4-3-9(15)5-13(10)19-14/h3-5,7,12,14H,6,16H2,1-2H3/t12-,14?/m1/s1. The molecule has 2 atom stereocenters. The normalized spacial score (nSPS) is 21.9. The molecule has 19 heavy (non-hydrogen) atoms. The second-order valence-electron chi connectivity index (χ2n) is 4.97. The number of halogens is 1. The second kappa shape index (κ2) is 4.65. The maximum Gasteiger partial charge on any atom is 0.129 e. The van der Waals surface area contributed by atoms with Gasteiger partial charge in [0.25, 0.3) is 0 Å².